The Labute approximate surface area is 165 Å². The zero-order valence-electron chi connectivity index (χ0n) is 15.2. The highest BCUT2D eigenvalue weighted by atomic mass is 16.6. The molecule has 0 amide bonds. The summed E-state index contributed by atoms with van der Waals surface area (Å²) in [5.74, 6) is -2.63. The van der Waals surface area contributed by atoms with E-state index in [1.54, 1.807) is 25.1 Å². The molecule has 0 fully saturated rings. The van der Waals surface area contributed by atoms with Crippen LogP contribution in [0.1, 0.15) is 34.3 Å². The van der Waals surface area contributed by atoms with Crippen molar-refractivity contribution in [2.75, 3.05) is 0 Å². The summed E-state index contributed by atoms with van der Waals surface area (Å²) in [6, 6.07) is 16.1. The Morgan fingerprint density at radius 3 is 2.55 bits per heavy atom. The number of benzene rings is 2. The molecule has 2 atom stereocenters. The number of non-ortho nitro benzene ring substituents is 1. The van der Waals surface area contributed by atoms with Gasteiger partial charge < -0.3 is 5.11 Å². The van der Waals surface area contributed by atoms with Crippen LogP contribution in [-0.2, 0) is 0 Å². The van der Waals surface area contributed by atoms with Crippen LogP contribution in [0.4, 0.5) is 5.69 Å². The number of nitro benzene ring substituents is 1. The fourth-order valence-corrected chi connectivity index (χ4v) is 3.36. The zero-order valence-corrected chi connectivity index (χ0v) is 15.2. The van der Waals surface area contributed by atoms with Gasteiger partial charge in [-0.2, -0.15) is 10.5 Å². The minimum atomic E-state index is -1.12. The number of aromatic carboxylic acids is 1. The third kappa shape index (κ3) is 3.60. The molecule has 1 N–H and O–H groups in total. The van der Waals surface area contributed by atoms with Crippen molar-refractivity contribution in [3.63, 3.8) is 0 Å². The number of hydrogen-bond donors (Lipinski definition) is 1. The van der Waals surface area contributed by atoms with Gasteiger partial charge in [0.2, 0.25) is 0 Å². The quantitative estimate of drug-likeness (QED) is 0.623. The first kappa shape index (κ1) is 19.5. The molecule has 1 heterocycles. The molecule has 2 aromatic rings. The van der Waals surface area contributed by atoms with Crippen molar-refractivity contribution in [1.29, 1.82) is 10.5 Å². The highest BCUT2D eigenvalue weighted by molar-refractivity contribution is 5.97. The van der Waals surface area contributed by atoms with Crippen LogP contribution in [-0.4, -0.2) is 21.7 Å². The maximum Gasteiger partial charge on any atom is 0.335 e. The normalized spacial score (nSPS) is 18.4. The van der Waals surface area contributed by atoms with Gasteiger partial charge in [-0.05, 0) is 24.6 Å². The third-order valence-electron chi connectivity index (χ3n) is 4.72. The van der Waals surface area contributed by atoms with Crippen LogP contribution in [0, 0.1) is 38.7 Å². The topological polar surface area (TPSA) is 140 Å². The van der Waals surface area contributed by atoms with Crippen molar-refractivity contribution >= 4 is 23.1 Å². The SMILES string of the molecule is CC1=NC(c2cccc([N+](=O)[O-])c2)=C(C#N)C(c2cccc(C(=O)O)c2)C1C#N. The van der Waals surface area contributed by atoms with Gasteiger partial charge in [-0.25, -0.2) is 4.79 Å². The largest absolute Gasteiger partial charge is 0.478 e. The van der Waals surface area contributed by atoms with Crippen LogP contribution in [0.25, 0.3) is 5.70 Å². The summed E-state index contributed by atoms with van der Waals surface area (Å²) in [5, 5.41) is 40.0. The van der Waals surface area contributed by atoms with Crippen molar-refractivity contribution < 1.29 is 14.8 Å². The molecule has 0 bridgehead atoms. The van der Waals surface area contributed by atoms with Crippen LogP contribution in [0.3, 0.4) is 0 Å². The summed E-state index contributed by atoms with van der Waals surface area (Å²) in [6.07, 6.45) is 0. The lowest BCUT2D eigenvalue weighted by Gasteiger charge is -2.28. The Balaban J connectivity index is 2.26. The maximum atomic E-state index is 11.4. The lowest BCUT2D eigenvalue weighted by Crippen LogP contribution is -2.25. The van der Waals surface area contributed by atoms with E-state index < -0.39 is 22.7 Å². The van der Waals surface area contributed by atoms with Gasteiger partial charge in [-0.1, -0.05) is 24.3 Å². The number of allylic oxidation sites excluding steroid dienone is 1. The average Bonchev–Trinajstić information content (AvgIpc) is 2.73. The number of carboxylic acid groups (broad SMARTS) is 1. The lowest BCUT2D eigenvalue weighted by molar-refractivity contribution is -0.384. The second-order valence-corrected chi connectivity index (χ2v) is 6.45. The first-order valence-corrected chi connectivity index (χ1v) is 8.54. The molecule has 0 aliphatic carbocycles. The predicted molar refractivity (Wildman–Crippen MR) is 104 cm³/mol. The van der Waals surface area contributed by atoms with Crippen LogP contribution in [0.5, 0.6) is 0 Å². The fourth-order valence-electron chi connectivity index (χ4n) is 3.36. The van der Waals surface area contributed by atoms with E-state index in [9.17, 15) is 30.5 Å². The number of nitrogens with zero attached hydrogens (tertiary/aromatic N) is 4. The summed E-state index contributed by atoms with van der Waals surface area (Å²) in [5.41, 5.74) is 1.60. The van der Waals surface area contributed by atoms with Crippen molar-refractivity contribution in [3.05, 3.63) is 80.9 Å². The smallest absolute Gasteiger partial charge is 0.335 e. The second-order valence-electron chi connectivity index (χ2n) is 6.45. The summed E-state index contributed by atoms with van der Waals surface area (Å²) in [7, 11) is 0. The number of carboxylic acids is 1. The van der Waals surface area contributed by atoms with E-state index in [4.69, 9.17) is 0 Å². The van der Waals surface area contributed by atoms with E-state index in [1.165, 1.54) is 30.3 Å². The number of aliphatic imine (C=N–C) groups is 1. The second kappa shape index (κ2) is 7.75. The highest BCUT2D eigenvalue weighted by Crippen LogP contribution is 2.41. The van der Waals surface area contributed by atoms with E-state index >= 15 is 0 Å². The van der Waals surface area contributed by atoms with Crippen molar-refractivity contribution in [2.45, 2.75) is 12.8 Å². The average molecular weight is 386 g/mol. The fraction of sp³-hybridized carbons (Fsp3) is 0.143. The molecule has 0 saturated carbocycles. The zero-order chi connectivity index (χ0) is 21.1. The number of nitro groups is 1. The van der Waals surface area contributed by atoms with Crippen LogP contribution in [0.2, 0.25) is 0 Å². The van der Waals surface area contributed by atoms with Crippen LogP contribution in [0.15, 0.2) is 59.1 Å². The van der Waals surface area contributed by atoms with Gasteiger partial charge in [0.15, 0.2) is 0 Å². The van der Waals surface area contributed by atoms with Gasteiger partial charge in [0.25, 0.3) is 5.69 Å². The molecule has 0 aromatic heterocycles. The Morgan fingerprint density at radius 2 is 1.93 bits per heavy atom. The van der Waals surface area contributed by atoms with Gasteiger partial charge in [-0.3, -0.25) is 15.1 Å². The molecule has 8 heteroatoms. The van der Waals surface area contributed by atoms with E-state index in [0.29, 0.717) is 16.8 Å². The molecule has 3 rings (SSSR count). The Kier molecular flexibility index (Phi) is 5.20. The third-order valence-corrected chi connectivity index (χ3v) is 4.72. The molecule has 2 aromatic carbocycles. The van der Waals surface area contributed by atoms with E-state index in [0.717, 1.165) is 0 Å². The summed E-state index contributed by atoms with van der Waals surface area (Å²) < 4.78 is 0. The maximum absolute atomic E-state index is 11.4. The number of carbonyl (C=O) groups is 1. The molecule has 142 valence electrons. The summed E-state index contributed by atoms with van der Waals surface area (Å²) >= 11 is 0. The number of hydrogen-bond acceptors (Lipinski definition) is 6. The Morgan fingerprint density at radius 1 is 1.21 bits per heavy atom. The minimum absolute atomic E-state index is 0.0357. The van der Waals surface area contributed by atoms with E-state index in [-0.39, 0.29) is 22.5 Å². The molecule has 0 radical (unpaired) electrons. The number of nitriles is 2. The van der Waals surface area contributed by atoms with Crippen molar-refractivity contribution in [1.82, 2.24) is 0 Å². The Hall–Kier alpha value is -4.30. The van der Waals surface area contributed by atoms with Gasteiger partial charge in [0.05, 0.1) is 39.8 Å². The molecule has 0 saturated heterocycles. The molecular formula is C21H14N4O4. The molecule has 1 aliphatic rings. The molecule has 2 unspecified atom stereocenters. The molecule has 29 heavy (non-hydrogen) atoms. The first-order valence-electron chi connectivity index (χ1n) is 8.54. The van der Waals surface area contributed by atoms with Gasteiger partial charge >= 0.3 is 5.97 Å². The lowest BCUT2D eigenvalue weighted by atomic mass is 9.75. The predicted octanol–water partition coefficient (Wildman–Crippen LogP) is 3.93. The molecule has 1 aliphatic heterocycles. The molecular weight excluding hydrogens is 372 g/mol. The van der Waals surface area contributed by atoms with E-state index in [2.05, 4.69) is 17.1 Å². The first-order chi connectivity index (χ1) is 13.9. The minimum Gasteiger partial charge on any atom is -0.478 e. The molecule has 0 spiro atoms. The Bertz CT molecular complexity index is 1170. The summed E-state index contributed by atoms with van der Waals surface area (Å²) in [6.45, 7) is 1.65. The van der Waals surface area contributed by atoms with Crippen LogP contribution < -0.4 is 0 Å². The van der Waals surface area contributed by atoms with Gasteiger partial charge in [0, 0.05) is 29.3 Å². The van der Waals surface area contributed by atoms with Crippen molar-refractivity contribution in [2.24, 2.45) is 10.9 Å². The van der Waals surface area contributed by atoms with Gasteiger partial charge in [-0.15, -0.1) is 0 Å². The van der Waals surface area contributed by atoms with Gasteiger partial charge in [0.1, 0.15) is 0 Å². The monoisotopic (exact) mass is 386 g/mol. The standard InChI is InChI=1S/C21H14N4O4/c1-12-17(10-22)19(13-4-2-6-15(8-13)21(26)27)18(11-23)20(24-12)14-5-3-7-16(9-14)25(28)29/h2-9,17,19H,1H3,(H,26,27). The van der Waals surface area contributed by atoms with Crippen molar-refractivity contribution in [3.8, 4) is 12.1 Å². The number of rotatable bonds is 4. The summed E-state index contributed by atoms with van der Waals surface area (Å²) in [4.78, 5) is 26.3. The van der Waals surface area contributed by atoms with E-state index in [1.807, 2.05) is 0 Å². The molecule has 8 nitrogen and oxygen atoms in total. The highest BCUT2D eigenvalue weighted by Gasteiger charge is 2.35. The van der Waals surface area contributed by atoms with Crippen LogP contribution >= 0.6 is 0 Å².